The van der Waals surface area contributed by atoms with Crippen molar-refractivity contribution >= 4 is 23.4 Å². The number of aliphatic hydroxyl groups excluding tert-OH is 1. The molecule has 1 aromatic carbocycles. The van der Waals surface area contributed by atoms with Gasteiger partial charge >= 0.3 is 0 Å². The van der Waals surface area contributed by atoms with E-state index in [1.165, 1.54) is 0 Å². The monoisotopic (exact) mass is 521 g/mol. The van der Waals surface area contributed by atoms with Crippen molar-refractivity contribution in [3.63, 3.8) is 0 Å². The Morgan fingerprint density at radius 3 is 2.58 bits per heavy atom. The minimum absolute atomic E-state index is 0.0746. The number of carbonyl (C=O) groups is 3. The molecule has 0 bridgehead atoms. The van der Waals surface area contributed by atoms with Crippen LogP contribution in [0.25, 0.3) is 0 Å². The third-order valence-corrected chi connectivity index (χ3v) is 8.45. The van der Waals surface area contributed by atoms with Crippen LogP contribution in [0.5, 0.6) is 0 Å². The number of fused-ring (bicyclic) bond motifs is 2. The molecule has 2 saturated heterocycles. The smallest absolute Gasteiger partial charge is 0.253 e. The Morgan fingerprint density at radius 1 is 1.00 bits per heavy atom. The number of unbranched alkanes of at least 4 members (excludes halogenated alkanes) is 2. The topological polar surface area (TPSA) is 90.4 Å². The van der Waals surface area contributed by atoms with Crippen molar-refractivity contribution in [3.05, 3.63) is 53.6 Å². The summed E-state index contributed by atoms with van der Waals surface area (Å²) in [5.41, 5.74) is 1.65. The lowest BCUT2D eigenvalue weighted by molar-refractivity contribution is -0.144. The third kappa shape index (κ3) is 4.28. The average Bonchev–Trinajstić information content (AvgIpc) is 3.21. The number of anilines is 1. The van der Waals surface area contributed by atoms with Crippen molar-refractivity contribution in [2.45, 2.75) is 64.2 Å². The van der Waals surface area contributed by atoms with Gasteiger partial charge in [0.15, 0.2) is 0 Å². The molecule has 1 N–H and O–H groups in total. The second-order valence-corrected chi connectivity index (χ2v) is 11.0. The quantitative estimate of drug-likeness (QED) is 0.420. The highest BCUT2D eigenvalue weighted by molar-refractivity contribution is 6.06. The number of benzene rings is 1. The van der Waals surface area contributed by atoms with E-state index in [9.17, 15) is 19.5 Å². The maximum absolute atomic E-state index is 14.5. The summed E-state index contributed by atoms with van der Waals surface area (Å²) in [4.78, 5) is 47.7. The Hall–Kier alpha value is -2.97. The van der Waals surface area contributed by atoms with Crippen molar-refractivity contribution in [1.82, 2.24) is 9.80 Å². The van der Waals surface area contributed by atoms with E-state index in [1.807, 2.05) is 63.3 Å². The van der Waals surface area contributed by atoms with E-state index >= 15 is 0 Å². The number of rotatable bonds is 8. The standard InChI is InChI=1S/C30H39N3O5/c1-4-14-31-15-8-10-23-24(27(31)35)25-28(36)33(16-6-5-7-18-34)26-29(37)32(17-9-13-30(25,26)38-23)22-19-20(2)11-12-21(22)3/h8-13,19,23-26,34H,4-7,14-18H2,1-3H3/t23-,24+,25+,26?,30+/m1/s1. The maximum Gasteiger partial charge on any atom is 0.253 e. The van der Waals surface area contributed by atoms with E-state index in [1.54, 1.807) is 14.7 Å². The minimum atomic E-state index is -1.21. The van der Waals surface area contributed by atoms with E-state index in [4.69, 9.17) is 4.74 Å². The number of hydrogen-bond acceptors (Lipinski definition) is 5. The van der Waals surface area contributed by atoms with Crippen molar-refractivity contribution in [3.8, 4) is 0 Å². The first-order chi connectivity index (χ1) is 18.3. The zero-order chi connectivity index (χ0) is 27.0. The molecule has 0 saturated carbocycles. The molecule has 1 aromatic rings. The van der Waals surface area contributed by atoms with Crippen LogP contribution in [0.1, 0.15) is 43.7 Å². The first-order valence-corrected chi connectivity index (χ1v) is 13.9. The molecule has 8 heteroatoms. The molecule has 38 heavy (non-hydrogen) atoms. The number of nitrogens with zero attached hydrogens (tertiary/aromatic N) is 3. The van der Waals surface area contributed by atoms with Gasteiger partial charge in [0.1, 0.15) is 11.6 Å². The van der Waals surface area contributed by atoms with Crippen LogP contribution in [0, 0.1) is 25.7 Å². The zero-order valence-corrected chi connectivity index (χ0v) is 22.6. The highest BCUT2D eigenvalue weighted by Gasteiger charge is 2.71. The number of hydrogen-bond donors (Lipinski definition) is 1. The molecule has 0 radical (unpaired) electrons. The van der Waals surface area contributed by atoms with Crippen LogP contribution in [0.4, 0.5) is 5.69 Å². The van der Waals surface area contributed by atoms with Gasteiger partial charge in [-0.25, -0.2) is 0 Å². The van der Waals surface area contributed by atoms with Crippen LogP contribution in [0.15, 0.2) is 42.5 Å². The average molecular weight is 522 g/mol. The molecule has 4 aliphatic rings. The van der Waals surface area contributed by atoms with Gasteiger partial charge in [-0.15, -0.1) is 0 Å². The van der Waals surface area contributed by atoms with Crippen LogP contribution in [-0.2, 0) is 19.1 Å². The summed E-state index contributed by atoms with van der Waals surface area (Å²) < 4.78 is 6.70. The number of amides is 3. The lowest BCUT2D eigenvalue weighted by atomic mass is 9.77. The minimum Gasteiger partial charge on any atom is -0.396 e. The largest absolute Gasteiger partial charge is 0.396 e. The van der Waals surface area contributed by atoms with Crippen LogP contribution in [-0.4, -0.2) is 83.2 Å². The first kappa shape index (κ1) is 26.6. The van der Waals surface area contributed by atoms with Crippen molar-refractivity contribution in [2.24, 2.45) is 11.8 Å². The summed E-state index contributed by atoms with van der Waals surface area (Å²) in [5, 5.41) is 9.25. The highest BCUT2D eigenvalue weighted by Crippen LogP contribution is 2.53. The second kappa shape index (κ2) is 10.7. The number of likely N-dealkylation sites (tertiary alicyclic amines) is 1. The zero-order valence-electron chi connectivity index (χ0n) is 22.6. The Balaban J connectivity index is 1.58. The Labute approximate surface area is 224 Å². The van der Waals surface area contributed by atoms with Gasteiger partial charge in [0.05, 0.1) is 17.9 Å². The molecule has 5 rings (SSSR count). The summed E-state index contributed by atoms with van der Waals surface area (Å²) in [6.07, 6.45) is 10.0. The van der Waals surface area contributed by atoms with Gasteiger partial charge in [-0.2, -0.15) is 0 Å². The summed E-state index contributed by atoms with van der Waals surface area (Å²) in [6, 6.07) is 5.18. The molecular weight excluding hydrogens is 482 g/mol. The van der Waals surface area contributed by atoms with Crippen LogP contribution in [0.3, 0.4) is 0 Å². The fourth-order valence-electron chi connectivity index (χ4n) is 6.70. The van der Waals surface area contributed by atoms with Gasteiger partial charge in [-0.1, -0.05) is 43.4 Å². The Bertz CT molecular complexity index is 1160. The highest BCUT2D eigenvalue weighted by atomic mass is 16.5. The SMILES string of the molecule is CCCN1CC=C[C@H]2O[C@]34C=CCN(c5cc(C)ccc5C)C(=O)C3N(CCCCCO)C(=O)[C@@H]4[C@H]2C1=O. The predicted molar refractivity (Wildman–Crippen MR) is 144 cm³/mol. The van der Waals surface area contributed by atoms with E-state index in [-0.39, 0.29) is 24.3 Å². The molecule has 3 amide bonds. The number of aliphatic hydroxyl groups is 1. The lowest BCUT2D eigenvalue weighted by Crippen LogP contribution is -2.55. The third-order valence-electron chi connectivity index (χ3n) is 8.45. The van der Waals surface area contributed by atoms with Gasteiger partial charge in [-0.05, 0) is 56.7 Å². The van der Waals surface area contributed by atoms with Gasteiger partial charge in [0, 0.05) is 38.5 Å². The first-order valence-electron chi connectivity index (χ1n) is 13.9. The molecule has 8 nitrogen and oxygen atoms in total. The molecule has 1 spiro atoms. The molecule has 0 aromatic heterocycles. The van der Waals surface area contributed by atoms with E-state index in [0.717, 1.165) is 29.7 Å². The molecule has 1 unspecified atom stereocenters. The van der Waals surface area contributed by atoms with Crippen LogP contribution < -0.4 is 4.90 Å². The summed E-state index contributed by atoms with van der Waals surface area (Å²) in [5.74, 6) is -1.87. The Kier molecular flexibility index (Phi) is 7.47. The molecule has 4 heterocycles. The summed E-state index contributed by atoms with van der Waals surface area (Å²) >= 11 is 0. The van der Waals surface area contributed by atoms with Crippen LogP contribution in [0.2, 0.25) is 0 Å². The molecule has 4 aliphatic heterocycles. The molecular formula is C30H39N3O5. The number of aryl methyl sites for hydroxylation is 2. The Morgan fingerprint density at radius 2 is 1.82 bits per heavy atom. The molecule has 5 atom stereocenters. The van der Waals surface area contributed by atoms with Crippen molar-refractivity contribution < 1.29 is 24.2 Å². The second-order valence-electron chi connectivity index (χ2n) is 11.0. The fraction of sp³-hybridized carbons (Fsp3) is 0.567. The number of ether oxygens (including phenoxy) is 1. The van der Waals surface area contributed by atoms with Crippen LogP contribution >= 0.6 is 0 Å². The van der Waals surface area contributed by atoms with Crippen molar-refractivity contribution in [1.29, 1.82) is 0 Å². The molecule has 204 valence electrons. The van der Waals surface area contributed by atoms with E-state index in [0.29, 0.717) is 39.0 Å². The van der Waals surface area contributed by atoms with E-state index < -0.39 is 29.6 Å². The fourth-order valence-corrected chi connectivity index (χ4v) is 6.70. The summed E-state index contributed by atoms with van der Waals surface area (Å²) in [6.45, 7) is 7.97. The van der Waals surface area contributed by atoms with Gasteiger partial charge in [0.2, 0.25) is 11.8 Å². The summed E-state index contributed by atoms with van der Waals surface area (Å²) in [7, 11) is 0. The molecule has 0 aliphatic carbocycles. The van der Waals surface area contributed by atoms with Crippen molar-refractivity contribution in [2.75, 3.05) is 37.7 Å². The van der Waals surface area contributed by atoms with Gasteiger partial charge < -0.3 is 24.5 Å². The van der Waals surface area contributed by atoms with Gasteiger partial charge in [-0.3, -0.25) is 14.4 Å². The molecule has 2 fully saturated rings. The maximum atomic E-state index is 14.5. The number of carbonyl (C=O) groups excluding carboxylic acids is 3. The lowest BCUT2D eigenvalue weighted by Gasteiger charge is -2.35. The normalized spacial score (nSPS) is 30.4. The van der Waals surface area contributed by atoms with Gasteiger partial charge in [0.25, 0.3) is 5.91 Å². The predicted octanol–water partition coefficient (Wildman–Crippen LogP) is 2.76. The van der Waals surface area contributed by atoms with E-state index in [2.05, 4.69) is 0 Å².